The molecule has 1 N–H and O–H groups in total. The second-order valence-corrected chi connectivity index (χ2v) is 6.92. The van der Waals surface area contributed by atoms with Gasteiger partial charge in [0.1, 0.15) is 11.4 Å². The maximum absolute atomic E-state index is 12.5. The summed E-state index contributed by atoms with van der Waals surface area (Å²) in [4.78, 5) is 23.2. The molecule has 0 saturated heterocycles. The first kappa shape index (κ1) is 20.2. The van der Waals surface area contributed by atoms with E-state index in [1.807, 2.05) is 42.9 Å². The Morgan fingerprint density at radius 1 is 1.21 bits per heavy atom. The third-order valence-electron chi connectivity index (χ3n) is 4.85. The average molecular weight is 396 g/mol. The van der Waals surface area contributed by atoms with E-state index in [4.69, 9.17) is 0 Å². The number of aryl methyl sites for hydroxylation is 2. The van der Waals surface area contributed by atoms with Gasteiger partial charge in [-0.25, -0.2) is 0 Å². The van der Waals surface area contributed by atoms with Gasteiger partial charge < -0.3 is 5.32 Å². The van der Waals surface area contributed by atoms with Gasteiger partial charge in [-0.2, -0.15) is 10.2 Å². The van der Waals surface area contributed by atoms with Crippen LogP contribution >= 0.6 is 0 Å². The first-order valence-corrected chi connectivity index (χ1v) is 9.41. The van der Waals surface area contributed by atoms with Gasteiger partial charge in [-0.3, -0.25) is 24.3 Å². The van der Waals surface area contributed by atoms with Crippen molar-refractivity contribution in [3.8, 4) is 0 Å². The molecule has 9 nitrogen and oxygen atoms in total. The third kappa shape index (κ3) is 4.34. The van der Waals surface area contributed by atoms with Gasteiger partial charge in [-0.15, -0.1) is 0 Å². The molecule has 0 aliphatic carbocycles. The lowest BCUT2D eigenvalue weighted by Gasteiger charge is -2.12. The maximum atomic E-state index is 12.5. The van der Waals surface area contributed by atoms with Crippen LogP contribution in [0.15, 0.2) is 36.5 Å². The number of nitrogens with zero attached hydrogens (tertiary/aromatic N) is 5. The summed E-state index contributed by atoms with van der Waals surface area (Å²) in [6.07, 6.45) is 1.89. The Morgan fingerprint density at radius 3 is 2.45 bits per heavy atom. The minimum absolute atomic E-state index is 0.0421. The van der Waals surface area contributed by atoms with Crippen molar-refractivity contribution in [2.75, 3.05) is 0 Å². The minimum Gasteiger partial charge on any atom is -0.344 e. The van der Waals surface area contributed by atoms with Crippen LogP contribution < -0.4 is 5.32 Å². The van der Waals surface area contributed by atoms with Crippen molar-refractivity contribution >= 4 is 11.6 Å². The molecule has 0 aliphatic heterocycles. The van der Waals surface area contributed by atoms with Gasteiger partial charge in [0.15, 0.2) is 0 Å². The van der Waals surface area contributed by atoms with E-state index in [1.165, 1.54) is 0 Å². The minimum atomic E-state index is -0.410. The van der Waals surface area contributed by atoms with Crippen LogP contribution in [0.25, 0.3) is 0 Å². The summed E-state index contributed by atoms with van der Waals surface area (Å²) in [5.74, 6) is -0.183. The normalized spacial score (nSPS) is 12.0. The van der Waals surface area contributed by atoms with E-state index in [2.05, 4.69) is 15.5 Å². The van der Waals surface area contributed by atoms with E-state index in [-0.39, 0.29) is 17.6 Å². The van der Waals surface area contributed by atoms with E-state index in [1.54, 1.807) is 30.7 Å². The molecular weight excluding hydrogens is 372 g/mol. The van der Waals surface area contributed by atoms with Crippen LogP contribution in [0.4, 0.5) is 5.69 Å². The molecule has 0 fully saturated rings. The molecule has 0 unspecified atom stereocenters. The Hall–Kier alpha value is -3.49. The zero-order valence-corrected chi connectivity index (χ0v) is 16.9. The second kappa shape index (κ2) is 8.26. The van der Waals surface area contributed by atoms with Gasteiger partial charge in [0.05, 0.1) is 23.2 Å². The van der Waals surface area contributed by atoms with Crippen molar-refractivity contribution in [2.45, 2.75) is 46.8 Å². The number of nitro groups is 1. The molecule has 0 radical (unpaired) electrons. The van der Waals surface area contributed by atoms with Gasteiger partial charge in [0, 0.05) is 18.3 Å². The van der Waals surface area contributed by atoms with E-state index in [0.29, 0.717) is 23.5 Å². The summed E-state index contributed by atoms with van der Waals surface area (Å²) in [7, 11) is 0. The molecular formula is C20H24N6O3. The molecule has 152 valence electrons. The van der Waals surface area contributed by atoms with Crippen molar-refractivity contribution < 1.29 is 9.72 Å². The van der Waals surface area contributed by atoms with Crippen molar-refractivity contribution in [1.82, 2.24) is 24.9 Å². The number of aromatic nitrogens is 4. The lowest BCUT2D eigenvalue weighted by atomic mass is 10.1. The van der Waals surface area contributed by atoms with E-state index >= 15 is 0 Å². The van der Waals surface area contributed by atoms with Gasteiger partial charge in [-0.1, -0.05) is 12.1 Å². The molecule has 29 heavy (non-hydrogen) atoms. The summed E-state index contributed by atoms with van der Waals surface area (Å²) in [6.45, 7) is 8.38. The van der Waals surface area contributed by atoms with Crippen molar-refractivity contribution in [1.29, 1.82) is 0 Å². The molecule has 1 aromatic carbocycles. The Morgan fingerprint density at radius 2 is 1.90 bits per heavy atom. The second-order valence-electron chi connectivity index (χ2n) is 6.92. The van der Waals surface area contributed by atoms with Crippen LogP contribution in [0.5, 0.6) is 0 Å². The number of carbonyl (C=O) groups excluding carboxylic acids is 1. The number of benzene rings is 1. The summed E-state index contributed by atoms with van der Waals surface area (Å²) in [5, 5.41) is 22.7. The van der Waals surface area contributed by atoms with Crippen LogP contribution in [0.1, 0.15) is 52.9 Å². The number of rotatable bonds is 7. The number of hydrogen-bond donors (Lipinski definition) is 1. The molecule has 1 atom stereocenters. The summed E-state index contributed by atoms with van der Waals surface area (Å²) < 4.78 is 3.42. The Kier molecular flexibility index (Phi) is 5.76. The van der Waals surface area contributed by atoms with E-state index in [0.717, 1.165) is 17.8 Å². The summed E-state index contributed by atoms with van der Waals surface area (Å²) in [6, 6.07) is 8.82. The highest BCUT2D eigenvalue weighted by atomic mass is 16.6. The van der Waals surface area contributed by atoms with Crippen molar-refractivity contribution in [3.63, 3.8) is 0 Å². The van der Waals surface area contributed by atoms with Gasteiger partial charge in [-0.05, 0) is 51.5 Å². The van der Waals surface area contributed by atoms with E-state index < -0.39 is 4.92 Å². The lowest BCUT2D eigenvalue weighted by molar-refractivity contribution is -0.386. The van der Waals surface area contributed by atoms with Crippen LogP contribution in [0.2, 0.25) is 0 Å². The largest absolute Gasteiger partial charge is 0.344 e. The molecule has 1 amide bonds. The molecule has 3 aromatic rings. The highest BCUT2D eigenvalue weighted by Crippen LogP contribution is 2.22. The summed E-state index contributed by atoms with van der Waals surface area (Å²) >= 11 is 0. The van der Waals surface area contributed by atoms with Crippen LogP contribution in [0.3, 0.4) is 0 Å². The first-order valence-electron chi connectivity index (χ1n) is 9.41. The topological polar surface area (TPSA) is 108 Å². The molecule has 2 aromatic heterocycles. The number of carbonyl (C=O) groups is 1. The molecule has 3 rings (SSSR count). The quantitative estimate of drug-likeness (QED) is 0.487. The molecule has 0 bridgehead atoms. The standard InChI is InChI=1S/C20H24N6O3/c1-5-24-11-10-18(23-24)13(2)21-20(27)17-8-6-16(7-9-17)12-25-15(4)19(26(28)29)14(3)22-25/h6-11,13H,5,12H2,1-4H3,(H,21,27)/t13-/m0/s1. The molecule has 2 heterocycles. The van der Waals surface area contributed by atoms with E-state index in [9.17, 15) is 14.9 Å². The monoisotopic (exact) mass is 396 g/mol. The fourth-order valence-corrected chi connectivity index (χ4v) is 3.18. The van der Waals surface area contributed by atoms with Gasteiger partial charge in [0.2, 0.25) is 0 Å². The summed E-state index contributed by atoms with van der Waals surface area (Å²) in [5.41, 5.74) is 3.19. The fraction of sp³-hybridized carbons (Fsp3) is 0.350. The zero-order chi connectivity index (χ0) is 21.1. The zero-order valence-electron chi connectivity index (χ0n) is 16.9. The van der Waals surface area contributed by atoms with Crippen LogP contribution in [0, 0.1) is 24.0 Å². The number of amides is 1. The Bertz CT molecular complexity index is 1040. The van der Waals surface area contributed by atoms with Gasteiger partial charge >= 0.3 is 5.69 Å². The average Bonchev–Trinajstić information content (AvgIpc) is 3.27. The smallest absolute Gasteiger partial charge is 0.312 e. The van der Waals surface area contributed by atoms with Gasteiger partial charge in [0.25, 0.3) is 5.91 Å². The molecule has 0 spiro atoms. The Labute approximate surface area is 168 Å². The Balaban J connectivity index is 1.67. The highest BCUT2D eigenvalue weighted by Gasteiger charge is 2.21. The van der Waals surface area contributed by atoms with Crippen molar-refractivity contribution in [3.05, 3.63) is 74.9 Å². The molecule has 9 heteroatoms. The van der Waals surface area contributed by atoms with Crippen LogP contribution in [-0.2, 0) is 13.1 Å². The fourth-order valence-electron chi connectivity index (χ4n) is 3.18. The lowest BCUT2D eigenvalue weighted by Crippen LogP contribution is -2.27. The number of nitrogens with one attached hydrogen (secondary N) is 1. The molecule has 0 saturated carbocycles. The van der Waals surface area contributed by atoms with Crippen molar-refractivity contribution in [2.24, 2.45) is 0 Å². The predicted molar refractivity (Wildman–Crippen MR) is 108 cm³/mol. The SMILES string of the molecule is CCn1ccc([C@H](C)NC(=O)c2ccc(Cn3nc(C)c([N+](=O)[O-])c3C)cc2)n1. The first-order chi connectivity index (χ1) is 13.8. The number of hydrogen-bond acceptors (Lipinski definition) is 5. The maximum Gasteiger partial charge on any atom is 0.312 e. The predicted octanol–water partition coefficient (Wildman–Crippen LogP) is 3.16. The third-order valence-corrected chi connectivity index (χ3v) is 4.85. The van der Waals surface area contributed by atoms with Crippen LogP contribution in [-0.4, -0.2) is 30.4 Å². The highest BCUT2D eigenvalue weighted by molar-refractivity contribution is 5.94. The molecule has 0 aliphatic rings.